The number of oxazole rings is 1. The fraction of sp³-hybridized carbons (Fsp3) is 0.167. The molecule has 174 valence electrons. The van der Waals surface area contributed by atoms with Crippen LogP contribution in [-0.4, -0.2) is 36.2 Å². The highest BCUT2D eigenvalue weighted by atomic mass is 35.5. The number of carbonyl (C=O) groups excluding carboxylic acids is 3. The third-order valence-electron chi connectivity index (χ3n) is 4.88. The summed E-state index contributed by atoms with van der Waals surface area (Å²) in [5, 5.41) is 5.73. The van der Waals surface area contributed by atoms with Crippen LogP contribution in [-0.2, 0) is 19.1 Å². The summed E-state index contributed by atoms with van der Waals surface area (Å²) in [5.41, 5.74) is 2.10. The molecule has 4 rings (SSSR count). The van der Waals surface area contributed by atoms with Crippen LogP contribution >= 0.6 is 11.6 Å². The van der Waals surface area contributed by atoms with E-state index in [4.69, 9.17) is 25.5 Å². The number of nitrogens with zero attached hydrogens (tertiary/aromatic N) is 1. The molecule has 2 aromatic carbocycles. The summed E-state index contributed by atoms with van der Waals surface area (Å²) in [5.74, 6) is -1.13. The Kier molecular flexibility index (Phi) is 6.93. The van der Waals surface area contributed by atoms with E-state index in [1.54, 1.807) is 43.3 Å². The number of esters is 2. The molecule has 1 aliphatic rings. The minimum atomic E-state index is -0.811. The zero-order valence-corrected chi connectivity index (χ0v) is 18.8. The highest BCUT2D eigenvalue weighted by Crippen LogP contribution is 2.29. The molecular weight excluding hydrogens is 462 g/mol. The fourth-order valence-electron chi connectivity index (χ4n) is 3.38. The van der Waals surface area contributed by atoms with Gasteiger partial charge in [0.15, 0.2) is 5.58 Å². The fourth-order valence-corrected chi connectivity index (χ4v) is 3.50. The van der Waals surface area contributed by atoms with Crippen LogP contribution in [0.5, 0.6) is 0 Å². The quantitative estimate of drug-likeness (QED) is 0.387. The van der Waals surface area contributed by atoms with Crippen LogP contribution in [0.3, 0.4) is 0 Å². The molecule has 0 saturated carbocycles. The number of hydrogen-bond acceptors (Lipinski definition) is 7. The lowest BCUT2D eigenvalue weighted by atomic mass is 9.95. The molecule has 2 amide bonds. The number of hydrogen-bond donors (Lipinski definition) is 2. The molecular formula is C24H20ClN3O6. The van der Waals surface area contributed by atoms with Gasteiger partial charge in [0.1, 0.15) is 12.1 Å². The molecule has 0 spiro atoms. The average molecular weight is 482 g/mol. The Hall–Kier alpha value is -4.11. The van der Waals surface area contributed by atoms with Gasteiger partial charge in [0.2, 0.25) is 5.89 Å². The van der Waals surface area contributed by atoms with E-state index in [0.29, 0.717) is 21.7 Å². The van der Waals surface area contributed by atoms with Crippen molar-refractivity contribution in [2.45, 2.75) is 13.0 Å². The maximum absolute atomic E-state index is 12.7. The topological polar surface area (TPSA) is 120 Å². The molecule has 1 atom stereocenters. The molecule has 1 unspecified atom stereocenters. The van der Waals surface area contributed by atoms with Crippen molar-refractivity contribution in [2.75, 3.05) is 13.2 Å². The summed E-state index contributed by atoms with van der Waals surface area (Å²) in [4.78, 5) is 41.5. The summed E-state index contributed by atoms with van der Waals surface area (Å²) in [6.45, 7) is 1.44. The van der Waals surface area contributed by atoms with Gasteiger partial charge in [0.05, 0.1) is 23.9 Å². The summed E-state index contributed by atoms with van der Waals surface area (Å²) >= 11 is 5.96. The number of benzene rings is 2. The van der Waals surface area contributed by atoms with Crippen molar-refractivity contribution in [2.24, 2.45) is 0 Å². The molecule has 0 bridgehead atoms. The van der Waals surface area contributed by atoms with Gasteiger partial charge in [-0.25, -0.2) is 19.4 Å². The molecule has 10 heteroatoms. The van der Waals surface area contributed by atoms with Gasteiger partial charge >= 0.3 is 18.0 Å². The van der Waals surface area contributed by atoms with Crippen molar-refractivity contribution < 1.29 is 28.3 Å². The molecule has 0 aliphatic carbocycles. The second kappa shape index (κ2) is 10.2. The Balaban J connectivity index is 1.54. The van der Waals surface area contributed by atoms with Crippen LogP contribution in [0, 0.1) is 0 Å². The SMILES string of the molecule is CCOC(=O)C1=C(COC(=O)/C=C/c2nc3ccccc3o2)NC(=O)NC1c1ccc(Cl)cc1. The summed E-state index contributed by atoms with van der Waals surface area (Å²) in [6.07, 6.45) is 2.52. The molecule has 2 heterocycles. The van der Waals surface area contributed by atoms with Crippen molar-refractivity contribution in [3.63, 3.8) is 0 Å². The van der Waals surface area contributed by atoms with E-state index in [1.165, 1.54) is 6.08 Å². The van der Waals surface area contributed by atoms with Gasteiger partial charge in [-0.3, -0.25) is 0 Å². The number of ether oxygens (including phenoxy) is 2. The van der Waals surface area contributed by atoms with Crippen molar-refractivity contribution in [1.82, 2.24) is 15.6 Å². The first-order chi connectivity index (χ1) is 16.4. The van der Waals surface area contributed by atoms with E-state index < -0.39 is 24.0 Å². The third kappa shape index (κ3) is 5.26. The average Bonchev–Trinajstić information content (AvgIpc) is 3.24. The molecule has 1 aromatic heterocycles. The van der Waals surface area contributed by atoms with Crippen LogP contribution in [0.1, 0.15) is 24.4 Å². The Bertz CT molecular complexity index is 1260. The summed E-state index contributed by atoms with van der Waals surface area (Å²) < 4.78 is 16.0. The van der Waals surface area contributed by atoms with Gasteiger partial charge in [0.25, 0.3) is 0 Å². The second-order valence-electron chi connectivity index (χ2n) is 7.16. The number of amides is 2. The van der Waals surface area contributed by atoms with E-state index in [-0.39, 0.29) is 30.4 Å². The van der Waals surface area contributed by atoms with E-state index >= 15 is 0 Å². The second-order valence-corrected chi connectivity index (χ2v) is 7.59. The van der Waals surface area contributed by atoms with Crippen LogP contribution in [0.2, 0.25) is 5.02 Å². The molecule has 3 aromatic rings. The molecule has 0 fully saturated rings. The van der Waals surface area contributed by atoms with E-state index in [2.05, 4.69) is 15.6 Å². The van der Waals surface area contributed by atoms with Crippen molar-refractivity contribution in [3.05, 3.63) is 82.4 Å². The monoisotopic (exact) mass is 481 g/mol. The molecule has 34 heavy (non-hydrogen) atoms. The largest absolute Gasteiger partial charge is 0.463 e. The Morgan fingerprint density at radius 1 is 1.15 bits per heavy atom. The van der Waals surface area contributed by atoms with Gasteiger partial charge < -0.3 is 24.5 Å². The molecule has 2 N–H and O–H groups in total. The van der Waals surface area contributed by atoms with Crippen LogP contribution in [0.4, 0.5) is 4.79 Å². The number of fused-ring (bicyclic) bond motifs is 1. The van der Waals surface area contributed by atoms with Crippen molar-refractivity contribution >= 4 is 46.7 Å². The molecule has 1 aliphatic heterocycles. The predicted octanol–water partition coefficient (Wildman–Crippen LogP) is 3.91. The van der Waals surface area contributed by atoms with Gasteiger partial charge in [-0.1, -0.05) is 35.9 Å². The van der Waals surface area contributed by atoms with Gasteiger partial charge in [-0.15, -0.1) is 0 Å². The normalized spacial score (nSPS) is 15.8. The van der Waals surface area contributed by atoms with Crippen LogP contribution < -0.4 is 10.6 Å². The Labute approximate surface area is 199 Å². The highest BCUT2D eigenvalue weighted by molar-refractivity contribution is 6.30. The lowest BCUT2D eigenvalue weighted by molar-refractivity contribution is -0.140. The standard InChI is InChI=1S/C24H20ClN3O6/c1-2-32-23(30)21-17(27-24(31)28-22(21)14-7-9-15(25)10-8-14)13-33-20(29)12-11-19-26-16-5-3-4-6-18(16)34-19/h3-12,22H,2,13H2,1H3,(H2,27,28,31)/b12-11+. The predicted molar refractivity (Wildman–Crippen MR) is 124 cm³/mol. The van der Waals surface area contributed by atoms with E-state index in [1.807, 2.05) is 12.1 Å². The smallest absolute Gasteiger partial charge is 0.338 e. The maximum Gasteiger partial charge on any atom is 0.338 e. The minimum Gasteiger partial charge on any atom is -0.463 e. The van der Waals surface area contributed by atoms with Crippen LogP contribution in [0.25, 0.3) is 17.2 Å². The number of rotatable bonds is 7. The molecule has 0 saturated heterocycles. The Morgan fingerprint density at radius 3 is 2.65 bits per heavy atom. The summed E-state index contributed by atoms with van der Waals surface area (Å²) in [7, 11) is 0. The molecule has 0 radical (unpaired) electrons. The first kappa shape index (κ1) is 23.1. The zero-order chi connectivity index (χ0) is 24.1. The first-order valence-electron chi connectivity index (χ1n) is 10.4. The lowest BCUT2D eigenvalue weighted by Crippen LogP contribution is -2.47. The highest BCUT2D eigenvalue weighted by Gasteiger charge is 2.34. The van der Waals surface area contributed by atoms with E-state index in [9.17, 15) is 14.4 Å². The number of carbonyl (C=O) groups is 3. The number of urea groups is 1. The summed E-state index contributed by atoms with van der Waals surface area (Å²) in [6, 6.07) is 12.5. The Morgan fingerprint density at radius 2 is 1.91 bits per heavy atom. The van der Waals surface area contributed by atoms with Gasteiger partial charge in [-0.05, 0) is 36.8 Å². The first-order valence-corrected chi connectivity index (χ1v) is 10.8. The lowest BCUT2D eigenvalue weighted by Gasteiger charge is -2.29. The van der Waals surface area contributed by atoms with Crippen molar-refractivity contribution in [1.29, 1.82) is 0 Å². The van der Waals surface area contributed by atoms with Crippen molar-refractivity contribution in [3.8, 4) is 0 Å². The number of para-hydroxylation sites is 2. The van der Waals surface area contributed by atoms with E-state index in [0.717, 1.165) is 6.08 Å². The minimum absolute atomic E-state index is 0.116. The van der Waals surface area contributed by atoms with Crippen LogP contribution in [0.15, 0.2) is 70.3 Å². The zero-order valence-electron chi connectivity index (χ0n) is 18.0. The number of aromatic nitrogens is 1. The number of halogens is 1. The van der Waals surface area contributed by atoms with Gasteiger partial charge in [0, 0.05) is 17.2 Å². The molecule has 9 nitrogen and oxygen atoms in total. The van der Waals surface area contributed by atoms with Gasteiger partial charge in [-0.2, -0.15) is 0 Å². The maximum atomic E-state index is 12.7. The number of nitrogens with one attached hydrogen (secondary N) is 2. The third-order valence-corrected chi connectivity index (χ3v) is 5.14.